The fourth-order valence-electron chi connectivity index (χ4n) is 3.85. The van der Waals surface area contributed by atoms with Gasteiger partial charge in [-0.05, 0) is 17.7 Å². The van der Waals surface area contributed by atoms with Crippen LogP contribution in [0.1, 0.15) is 21.8 Å². The van der Waals surface area contributed by atoms with E-state index >= 15 is 0 Å². The van der Waals surface area contributed by atoms with Crippen LogP contribution in [0.2, 0.25) is 0 Å². The Morgan fingerprint density at radius 3 is 2.18 bits per heavy atom. The van der Waals surface area contributed by atoms with Crippen LogP contribution >= 0.6 is 0 Å². The number of nitrogens with two attached hydrogens (primary N) is 1. The van der Waals surface area contributed by atoms with Gasteiger partial charge in [-0.3, -0.25) is 4.90 Å². The highest BCUT2D eigenvalue weighted by Gasteiger charge is 2.44. The van der Waals surface area contributed by atoms with E-state index < -0.39 is 23.8 Å². The van der Waals surface area contributed by atoms with Crippen molar-refractivity contribution < 1.29 is 33.7 Å². The van der Waals surface area contributed by atoms with E-state index in [0.29, 0.717) is 5.56 Å². The monoisotopic (exact) mass is 463 g/mol. The van der Waals surface area contributed by atoms with Crippen molar-refractivity contribution in [1.82, 2.24) is 0 Å². The highest BCUT2D eigenvalue weighted by molar-refractivity contribution is 6.08. The highest BCUT2D eigenvalue weighted by Crippen LogP contribution is 2.44. The van der Waals surface area contributed by atoms with Gasteiger partial charge in [0.2, 0.25) is 0 Å². The summed E-state index contributed by atoms with van der Waals surface area (Å²) in [5.74, 6) is -4.62. The van der Waals surface area contributed by atoms with Crippen LogP contribution in [0.4, 0.5) is 5.69 Å². The molecule has 3 N–H and O–H groups in total. The molecule has 0 saturated heterocycles. The normalized spacial score (nSPS) is 15.5. The molecule has 0 fully saturated rings. The number of nitriles is 1. The first-order chi connectivity index (χ1) is 16.3. The van der Waals surface area contributed by atoms with E-state index in [1.165, 1.54) is 25.3 Å². The molecule has 0 aliphatic carbocycles. The lowest BCUT2D eigenvalue weighted by Gasteiger charge is -2.36. The number of carbonyl (C=O) groups excluding carboxylic acids is 2. The molecule has 0 saturated carbocycles. The van der Waals surface area contributed by atoms with Crippen LogP contribution in [0.15, 0.2) is 71.2 Å². The minimum Gasteiger partial charge on any atom is -0.496 e. The van der Waals surface area contributed by atoms with Crippen LogP contribution in [0, 0.1) is 11.3 Å². The second kappa shape index (κ2) is 9.79. The van der Waals surface area contributed by atoms with Gasteiger partial charge in [0.15, 0.2) is 0 Å². The van der Waals surface area contributed by atoms with Gasteiger partial charge in [0.1, 0.15) is 22.8 Å². The molecule has 0 bridgehead atoms. The maximum Gasteiger partial charge on any atom is 0.355 e. The molecule has 3 rings (SSSR count). The van der Waals surface area contributed by atoms with E-state index in [9.17, 15) is 24.8 Å². The van der Waals surface area contributed by atoms with E-state index in [-0.39, 0.29) is 39.7 Å². The van der Waals surface area contributed by atoms with Gasteiger partial charge in [-0.1, -0.05) is 36.4 Å². The second-order valence-electron chi connectivity index (χ2n) is 6.99. The molecule has 1 atom stereocenters. The molecule has 0 spiro atoms. The van der Waals surface area contributed by atoms with Gasteiger partial charge in [-0.15, -0.1) is 0 Å². The Morgan fingerprint density at radius 2 is 1.65 bits per heavy atom. The van der Waals surface area contributed by atoms with Crippen molar-refractivity contribution in [3.8, 4) is 11.8 Å². The van der Waals surface area contributed by atoms with E-state index in [0.717, 1.165) is 19.1 Å². The molecule has 174 valence electrons. The third kappa shape index (κ3) is 3.91. The first kappa shape index (κ1) is 23.9. The van der Waals surface area contributed by atoms with Gasteiger partial charge < -0.3 is 25.1 Å². The number of anilines is 1. The summed E-state index contributed by atoms with van der Waals surface area (Å²) < 4.78 is 15.1. The van der Waals surface area contributed by atoms with E-state index in [1.54, 1.807) is 30.3 Å². The summed E-state index contributed by atoms with van der Waals surface area (Å²) in [6.45, 7) is 0. The molecule has 0 aromatic heterocycles. The molecule has 1 aliphatic rings. The summed E-state index contributed by atoms with van der Waals surface area (Å²) in [4.78, 5) is 39.3. The summed E-state index contributed by atoms with van der Waals surface area (Å²) in [7, 11) is 3.51. The lowest BCUT2D eigenvalue weighted by Crippen LogP contribution is -2.41. The SMILES string of the molecule is COC(=O)C1=C(C(=O)OC)N(c2cccc(OC)c2C(=O)O)C(N)=C(C#N)C1c1ccccc1. The number of aromatic carboxylic acids is 1. The summed E-state index contributed by atoms with van der Waals surface area (Å²) in [6, 6.07) is 14.7. The fourth-order valence-corrected chi connectivity index (χ4v) is 3.85. The first-order valence-corrected chi connectivity index (χ1v) is 9.88. The van der Waals surface area contributed by atoms with Crippen LogP contribution < -0.4 is 15.4 Å². The fraction of sp³-hybridized carbons (Fsp3) is 0.167. The van der Waals surface area contributed by atoms with Crippen molar-refractivity contribution in [3.05, 3.63) is 82.3 Å². The molecule has 2 aromatic carbocycles. The predicted molar refractivity (Wildman–Crippen MR) is 119 cm³/mol. The number of hydrogen-bond donors (Lipinski definition) is 2. The lowest BCUT2D eigenvalue weighted by molar-refractivity contribution is -0.139. The van der Waals surface area contributed by atoms with Crippen molar-refractivity contribution in [1.29, 1.82) is 5.26 Å². The maximum absolute atomic E-state index is 13.1. The molecule has 0 amide bonds. The van der Waals surface area contributed by atoms with Crippen molar-refractivity contribution in [2.45, 2.75) is 5.92 Å². The quantitative estimate of drug-likeness (QED) is 0.610. The number of hydrogen-bond acceptors (Lipinski definition) is 9. The van der Waals surface area contributed by atoms with Gasteiger partial charge in [-0.25, -0.2) is 14.4 Å². The molecule has 2 aromatic rings. The van der Waals surface area contributed by atoms with E-state index in [1.807, 2.05) is 6.07 Å². The minimum absolute atomic E-state index is 0.0228. The molecular weight excluding hydrogens is 442 g/mol. The summed E-state index contributed by atoms with van der Waals surface area (Å²) in [5, 5.41) is 19.9. The summed E-state index contributed by atoms with van der Waals surface area (Å²) in [5.41, 5.74) is 5.75. The molecule has 10 heteroatoms. The number of rotatable bonds is 6. The number of carboxylic acid groups (broad SMARTS) is 1. The largest absolute Gasteiger partial charge is 0.496 e. The van der Waals surface area contributed by atoms with Gasteiger partial charge in [0.05, 0.1) is 50.2 Å². The Balaban J connectivity index is 2.50. The van der Waals surface area contributed by atoms with Gasteiger partial charge >= 0.3 is 17.9 Å². The summed E-state index contributed by atoms with van der Waals surface area (Å²) in [6.07, 6.45) is 0. The van der Waals surface area contributed by atoms with Crippen molar-refractivity contribution in [2.24, 2.45) is 5.73 Å². The molecule has 0 radical (unpaired) electrons. The van der Waals surface area contributed by atoms with Crippen LogP contribution in [0.5, 0.6) is 5.75 Å². The number of benzene rings is 2. The Labute approximate surface area is 195 Å². The van der Waals surface area contributed by atoms with Crippen LogP contribution in [-0.4, -0.2) is 44.3 Å². The second-order valence-corrected chi connectivity index (χ2v) is 6.99. The number of esters is 2. The maximum atomic E-state index is 13.1. The number of ether oxygens (including phenoxy) is 3. The average Bonchev–Trinajstić information content (AvgIpc) is 2.86. The predicted octanol–water partition coefficient (Wildman–Crippen LogP) is 2.29. The van der Waals surface area contributed by atoms with Gasteiger partial charge in [0.25, 0.3) is 0 Å². The topological polar surface area (TPSA) is 152 Å². The summed E-state index contributed by atoms with van der Waals surface area (Å²) >= 11 is 0. The Bertz CT molecular complexity index is 1260. The van der Waals surface area contributed by atoms with Gasteiger partial charge in [-0.2, -0.15) is 5.26 Å². The standard InChI is InChI=1S/C24H21N3O7/c1-32-16-11-7-10-15(18(16)22(28)29)27-20(24(31)34-3)19(23(30)33-2)17(14(12-25)21(27)26)13-8-5-4-6-9-13/h4-11,17H,26H2,1-3H3,(H,28,29). The minimum atomic E-state index is -1.38. The highest BCUT2D eigenvalue weighted by atomic mass is 16.5. The zero-order valence-electron chi connectivity index (χ0n) is 18.6. The Morgan fingerprint density at radius 1 is 1.00 bits per heavy atom. The molecule has 1 heterocycles. The van der Waals surface area contributed by atoms with E-state index in [4.69, 9.17) is 19.9 Å². The lowest BCUT2D eigenvalue weighted by atomic mass is 9.80. The number of methoxy groups -OCH3 is 3. The Hall–Kier alpha value is -4.78. The third-order valence-electron chi connectivity index (χ3n) is 5.29. The molecule has 10 nitrogen and oxygen atoms in total. The van der Waals surface area contributed by atoms with E-state index in [2.05, 4.69) is 0 Å². The smallest absolute Gasteiger partial charge is 0.355 e. The van der Waals surface area contributed by atoms with Crippen LogP contribution in [-0.2, 0) is 19.1 Å². The number of nitrogens with zero attached hydrogens (tertiary/aromatic N) is 2. The Kier molecular flexibility index (Phi) is 6.87. The first-order valence-electron chi connectivity index (χ1n) is 9.88. The van der Waals surface area contributed by atoms with Crippen molar-refractivity contribution >= 4 is 23.6 Å². The van der Waals surface area contributed by atoms with Crippen molar-refractivity contribution in [2.75, 3.05) is 26.2 Å². The van der Waals surface area contributed by atoms with Crippen LogP contribution in [0.25, 0.3) is 0 Å². The van der Waals surface area contributed by atoms with Gasteiger partial charge in [0, 0.05) is 0 Å². The molecule has 1 aliphatic heterocycles. The average molecular weight is 463 g/mol. The number of allylic oxidation sites excluding steroid dienone is 1. The zero-order valence-corrected chi connectivity index (χ0v) is 18.6. The van der Waals surface area contributed by atoms with Crippen molar-refractivity contribution in [3.63, 3.8) is 0 Å². The number of carboxylic acids is 1. The van der Waals surface area contributed by atoms with Crippen LogP contribution in [0.3, 0.4) is 0 Å². The molecule has 34 heavy (non-hydrogen) atoms. The molecule has 1 unspecified atom stereocenters. The molecular formula is C24H21N3O7. The third-order valence-corrected chi connectivity index (χ3v) is 5.29. The zero-order chi connectivity index (χ0) is 25.0. The number of carbonyl (C=O) groups is 3.